The molecule has 0 aliphatic carbocycles. The van der Waals surface area contributed by atoms with Crippen molar-refractivity contribution >= 4 is 18.5 Å². The smallest absolute Gasteiger partial charge is 0.237 e. The number of fused-ring (bicyclic) bond motifs is 2. The van der Waals surface area contributed by atoms with E-state index in [-0.39, 0.29) is 11.3 Å². The van der Waals surface area contributed by atoms with Crippen LogP contribution in [0.2, 0.25) is 0 Å². The number of piperidine rings is 1. The molecule has 2 aliphatic rings. The number of carbonyl (C=O) groups is 3. The normalized spacial score (nSPS) is 16.8. The number of carbonyl (C=O) groups excluding carboxylic acids is 3. The predicted molar refractivity (Wildman–Crippen MR) is 157 cm³/mol. The third-order valence-corrected chi connectivity index (χ3v) is 8.72. The van der Waals surface area contributed by atoms with Gasteiger partial charge >= 0.3 is 0 Å². The Kier molecular flexibility index (Phi) is 8.65. The molecule has 2 aromatic carbocycles. The molecule has 1 aromatic heterocycles. The number of likely N-dealkylation sites (N-methyl/N-ethyl adjacent to an activating group) is 2. The Balaban J connectivity index is 1.30. The fraction of sp³-hybridized carbons (Fsp3) is 0.438. The molecule has 1 atom stereocenters. The first kappa shape index (κ1) is 28.7. The molecule has 216 valence electrons. The number of amides is 1. The number of benzene rings is 2. The molecule has 9 heteroatoms. The Hall–Kier alpha value is -3.82. The minimum absolute atomic E-state index is 0.0875. The van der Waals surface area contributed by atoms with Crippen LogP contribution in [0.5, 0.6) is 5.75 Å². The van der Waals surface area contributed by atoms with Gasteiger partial charge in [0.05, 0.1) is 18.8 Å². The lowest BCUT2D eigenvalue weighted by Gasteiger charge is -2.38. The van der Waals surface area contributed by atoms with Crippen molar-refractivity contribution in [2.75, 3.05) is 33.8 Å². The Labute approximate surface area is 241 Å². The number of likely N-dealkylation sites (tertiary alicyclic amines) is 1. The van der Waals surface area contributed by atoms with E-state index in [1.165, 1.54) is 11.1 Å². The number of aromatic nitrogens is 2. The van der Waals surface area contributed by atoms with Gasteiger partial charge in [0.25, 0.3) is 0 Å². The molecule has 1 saturated heterocycles. The second kappa shape index (κ2) is 12.4. The van der Waals surface area contributed by atoms with Crippen molar-refractivity contribution in [3.63, 3.8) is 0 Å². The number of aldehydes is 2. The van der Waals surface area contributed by atoms with Gasteiger partial charge in [0.2, 0.25) is 5.91 Å². The molecule has 0 unspecified atom stereocenters. The van der Waals surface area contributed by atoms with Gasteiger partial charge in [-0.3, -0.25) is 24.1 Å². The summed E-state index contributed by atoms with van der Waals surface area (Å²) in [5.41, 5.74) is 6.04. The highest BCUT2D eigenvalue weighted by Gasteiger charge is 2.44. The number of aryl methyl sites for hydroxylation is 1. The molecule has 1 fully saturated rings. The van der Waals surface area contributed by atoms with Crippen molar-refractivity contribution in [3.05, 3.63) is 71.0 Å². The largest absolute Gasteiger partial charge is 0.492 e. The van der Waals surface area contributed by atoms with Crippen molar-refractivity contribution in [2.24, 2.45) is 7.05 Å². The first-order valence-corrected chi connectivity index (χ1v) is 14.3. The summed E-state index contributed by atoms with van der Waals surface area (Å²) in [6.45, 7) is 3.77. The summed E-state index contributed by atoms with van der Waals surface area (Å²) in [5.74, 6) is 0.635. The fourth-order valence-electron chi connectivity index (χ4n) is 6.32. The van der Waals surface area contributed by atoms with Crippen molar-refractivity contribution in [3.8, 4) is 16.9 Å². The lowest BCUT2D eigenvalue weighted by molar-refractivity contribution is -0.126. The molecular formula is C32H39N5O4. The van der Waals surface area contributed by atoms with E-state index >= 15 is 0 Å². The standard InChI is InChI=1S/C32H39N5O4/c1-33-31(40)29(8-5-15-38)35(2)20-27-25(21-39)9-10-28-30(27)41-22-32(28)11-13-37(14-12-32)18-23-6-4-7-24(16-23)26-17-34-36(3)19-26/h4,6-7,9-10,15-17,19,21,29H,5,8,11-14,18,20,22H2,1-3H3,(H,33,40)/t29-/m0/s1. The van der Waals surface area contributed by atoms with Crippen LogP contribution in [0.25, 0.3) is 11.1 Å². The maximum absolute atomic E-state index is 12.6. The molecular weight excluding hydrogens is 518 g/mol. The van der Waals surface area contributed by atoms with Gasteiger partial charge < -0.3 is 14.8 Å². The Bertz CT molecular complexity index is 1410. The van der Waals surface area contributed by atoms with Crippen LogP contribution < -0.4 is 10.1 Å². The molecule has 1 N–H and O–H groups in total. The molecule has 0 bridgehead atoms. The summed E-state index contributed by atoms with van der Waals surface area (Å²) in [6, 6.07) is 12.1. The summed E-state index contributed by atoms with van der Waals surface area (Å²) in [6.07, 6.45) is 8.27. The van der Waals surface area contributed by atoms with Crippen LogP contribution in [0.3, 0.4) is 0 Å². The zero-order chi connectivity index (χ0) is 29.0. The van der Waals surface area contributed by atoms with E-state index in [0.29, 0.717) is 31.6 Å². The van der Waals surface area contributed by atoms with Crippen molar-refractivity contribution < 1.29 is 19.1 Å². The van der Waals surface area contributed by atoms with Crippen molar-refractivity contribution in [1.29, 1.82) is 0 Å². The molecule has 0 saturated carbocycles. The number of rotatable bonds is 11. The van der Waals surface area contributed by atoms with E-state index in [1.54, 1.807) is 7.05 Å². The third kappa shape index (κ3) is 5.96. The van der Waals surface area contributed by atoms with Gasteiger partial charge in [-0.2, -0.15) is 5.10 Å². The second-order valence-electron chi connectivity index (χ2n) is 11.4. The topological polar surface area (TPSA) is 96.8 Å². The first-order chi connectivity index (χ1) is 19.9. The van der Waals surface area contributed by atoms with Gasteiger partial charge in [0.15, 0.2) is 6.29 Å². The molecule has 1 amide bonds. The van der Waals surface area contributed by atoms with Gasteiger partial charge in [0, 0.05) is 67.5 Å². The molecule has 0 radical (unpaired) electrons. The summed E-state index contributed by atoms with van der Waals surface area (Å²) in [7, 11) is 5.38. The van der Waals surface area contributed by atoms with Crippen LogP contribution in [-0.4, -0.2) is 77.9 Å². The number of nitrogens with zero attached hydrogens (tertiary/aromatic N) is 4. The SMILES string of the molecule is CNC(=O)[C@H](CCC=O)N(C)Cc1c(C=O)ccc2c1OCC21CCN(Cc2cccc(-c3cnn(C)c3)c2)CC1. The highest BCUT2D eigenvalue weighted by Crippen LogP contribution is 2.48. The van der Waals surface area contributed by atoms with Crippen LogP contribution in [0.1, 0.15) is 52.7 Å². The monoisotopic (exact) mass is 557 g/mol. The number of hydrogen-bond acceptors (Lipinski definition) is 7. The number of hydrogen-bond donors (Lipinski definition) is 1. The minimum Gasteiger partial charge on any atom is -0.492 e. The van der Waals surface area contributed by atoms with Crippen LogP contribution in [0.15, 0.2) is 48.8 Å². The van der Waals surface area contributed by atoms with E-state index in [0.717, 1.165) is 67.5 Å². The van der Waals surface area contributed by atoms with Crippen LogP contribution in [0.4, 0.5) is 0 Å². The first-order valence-electron chi connectivity index (χ1n) is 14.3. The molecule has 2 aliphatic heterocycles. The van der Waals surface area contributed by atoms with Gasteiger partial charge in [0.1, 0.15) is 12.0 Å². The highest BCUT2D eigenvalue weighted by molar-refractivity contribution is 5.82. The fourth-order valence-corrected chi connectivity index (χ4v) is 6.32. The zero-order valence-electron chi connectivity index (χ0n) is 24.1. The zero-order valence-corrected chi connectivity index (χ0v) is 24.1. The average molecular weight is 558 g/mol. The van der Waals surface area contributed by atoms with E-state index in [4.69, 9.17) is 4.74 Å². The molecule has 3 heterocycles. The molecule has 1 spiro atoms. The Morgan fingerprint density at radius 3 is 2.68 bits per heavy atom. The van der Waals surface area contributed by atoms with E-state index < -0.39 is 6.04 Å². The maximum atomic E-state index is 12.6. The number of ether oxygens (including phenoxy) is 1. The van der Waals surface area contributed by atoms with Crippen molar-refractivity contribution in [2.45, 2.75) is 50.2 Å². The predicted octanol–water partition coefficient (Wildman–Crippen LogP) is 3.35. The molecule has 41 heavy (non-hydrogen) atoms. The molecule has 5 rings (SSSR count). The Morgan fingerprint density at radius 1 is 1.20 bits per heavy atom. The number of nitrogens with one attached hydrogen (secondary N) is 1. The second-order valence-corrected chi connectivity index (χ2v) is 11.4. The van der Waals surface area contributed by atoms with E-state index in [9.17, 15) is 14.4 Å². The Morgan fingerprint density at radius 2 is 2.00 bits per heavy atom. The average Bonchev–Trinajstić information content (AvgIpc) is 3.58. The lowest BCUT2D eigenvalue weighted by atomic mass is 9.73. The highest BCUT2D eigenvalue weighted by atomic mass is 16.5. The summed E-state index contributed by atoms with van der Waals surface area (Å²) in [5, 5.41) is 7.00. The van der Waals surface area contributed by atoms with Gasteiger partial charge in [-0.1, -0.05) is 30.3 Å². The van der Waals surface area contributed by atoms with E-state index in [2.05, 4.69) is 45.6 Å². The lowest BCUT2D eigenvalue weighted by Crippen LogP contribution is -2.44. The van der Waals surface area contributed by atoms with Gasteiger partial charge in [-0.25, -0.2) is 0 Å². The van der Waals surface area contributed by atoms with E-state index in [1.807, 2.05) is 42.1 Å². The quantitative estimate of drug-likeness (QED) is 0.361. The van der Waals surface area contributed by atoms with Gasteiger partial charge in [-0.05, 0) is 56.6 Å². The van der Waals surface area contributed by atoms with Crippen LogP contribution in [-0.2, 0) is 35.1 Å². The summed E-state index contributed by atoms with van der Waals surface area (Å²) >= 11 is 0. The molecule has 9 nitrogen and oxygen atoms in total. The third-order valence-electron chi connectivity index (χ3n) is 8.72. The summed E-state index contributed by atoms with van der Waals surface area (Å²) < 4.78 is 8.19. The minimum atomic E-state index is -0.476. The maximum Gasteiger partial charge on any atom is 0.237 e. The van der Waals surface area contributed by atoms with Gasteiger partial charge in [-0.15, -0.1) is 0 Å². The van der Waals surface area contributed by atoms with Crippen LogP contribution >= 0.6 is 0 Å². The molecule has 3 aromatic rings. The van der Waals surface area contributed by atoms with Crippen molar-refractivity contribution in [1.82, 2.24) is 24.9 Å². The van der Waals surface area contributed by atoms with Crippen LogP contribution in [0, 0.1) is 0 Å². The summed E-state index contributed by atoms with van der Waals surface area (Å²) in [4.78, 5) is 40.0.